The zero-order chi connectivity index (χ0) is 23.3. The van der Waals surface area contributed by atoms with Crippen molar-refractivity contribution in [3.8, 4) is 5.75 Å². The highest BCUT2D eigenvalue weighted by molar-refractivity contribution is 7.56. The summed E-state index contributed by atoms with van der Waals surface area (Å²) in [6, 6.07) is 3.98. The molecule has 1 heterocycles. The zero-order valence-electron chi connectivity index (χ0n) is 20.6. The van der Waals surface area contributed by atoms with Crippen molar-refractivity contribution in [2.45, 2.75) is 71.9 Å². The fourth-order valence-corrected chi connectivity index (χ4v) is 5.78. The lowest BCUT2D eigenvalue weighted by Gasteiger charge is -2.29. The predicted molar refractivity (Wildman–Crippen MR) is 128 cm³/mol. The number of morpholine rings is 1. The van der Waals surface area contributed by atoms with Crippen LogP contribution in [-0.4, -0.2) is 56.0 Å². The number of hydrogen-bond donors (Lipinski definition) is 2. The Bertz CT molecular complexity index is 727. The molecular formula is C24H43N2O4P. The van der Waals surface area contributed by atoms with Crippen molar-refractivity contribution in [3.05, 3.63) is 28.8 Å². The lowest BCUT2D eigenvalue weighted by atomic mass is 9.78. The number of rotatable bonds is 9. The molecule has 31 heavy (non-hydrogen) atoms. The average Bonchev–Trinajstić information content (AvgIpc) is 2.66. The molecule has 0 saturated carbocycles. The molecule has 1 atom stereocenters. The zero-order valence-corrected chi connectivity index (χ0v) is 21.5. The van der Waals surface area contributed by atoms with Gasteiger partial charge in [0.25, 0.3) is 7.52 Å². The summed E-state index contributed by atoms with van der Waals surface area (Å²) in [7, 11) is -3.05. The summed E-state index contributed by atoms with van der Waals surface area (Å²) >= 11 is 0. The highest BCUT2D eigenvalue weighted by Gasteiger charge is 2.29. The maximum atomic E-state index is 13.6. The molecule has 1 aliphatic rings. The molecule has 0 aliphatic carbocycles. The molecule has 7 heteroatoms. The Balaban J connectivity index is 2.17. The maximum absolute atomic E-state index is 13.6. The number of benzene rings is 1. The number of aromatic hydroxyl groups is 1. The lowest BCUT2D eigenvalue weighted by Crippen LogP contribution is -2.37. The van der Waals surface area contributed by atoms with Crippen molar-refractivity contribution in [2.75, 3.05) is 46.0 Å². The molecule has 1 aliphatic heterocycles. The molecule has 1 unspecified atom stereocenters. The Hall–Kier alpha value is -0.910. The van der Waals surface area contributed by atoms with Gasteiger partial charge in [0.1, 0.15) is 5.75 Å². The van der Waals surface area contributed by atoms with Crippen LogP contribution in [0.2, 0.25) is 0 Å². The second kappa shape index (κ2) is 10.8. The molecule has 6 nitrogen and oxygen atoms in total. The highest BCUT2D eigenvalue weighted by atomic mass is 31.2. The number of nitrogens with one attached hydrogen (secondary N) is 1. The maximum Gasteiger partial charge on any atom is 0.274 e. The number of phenols is 1. The van der Waals surface area contributed by atoms with Gasteiger partial charge >= 0.3 is 0 Å². The molecular weight excluding hydrogens is 411 g/mol. The quantitative estimate of drug-likeness (QED) is 0.403. The topological polar surface area (TPSA) is 71.0 Å². The van der Waals surface area contributed by atoms with Gasteiger partial charge in [0.15, 0.2) is 0 Å². The van der Waals surface area contributed by atoms with Crippen molar-refractivity contribution >= 4 is 7.52 Å². The minimum atomic E-state index is -3.05. The van der Waals surface area contributed by atoms with Gasteiger partial charge in [-0.2, -0.15) is 0 Å². The molecule has 2 rings (SSSR count). The van der Waals surface area contributed by atoms with E-state index in [1.165, 1.54) is 0 Å². The molecule has 1 aromatic carbocycles. The van der Waals surface area contributed by atoms with Crippen LogP contribution in [0.4, 0.5) is 0 Å². The van der Waals surface area contributed by atoms with Crippen LogP contribution in [-0.2, 0) is 30.8 Å². The monoisotopic (exact) mass is 454 g/mol. The molecule has 1 aromatic rings. The number of ether oxygens (including phenoxy) is 1. The summed E-state index contributed by atoms with van der Waals surface area (Å²) in [6.07, 6.45) is 1.22. The smallest absolute Gasteiger partial charge is 0.274 e. The summed E-state index contributed by atoms with van der Waals surface area (Å²) in [5, 5.41) is 14.2. The van der Waals surface area contributed by atoms with Gasteiger partial charge in [0, 0.05) is 19.6 Å². The largest absolute Gasteiger partial charge is 0.507 e. The average molecular weight is 455 g/mol. The van der Waals surface area contributed by atoms with E-state index in [1.54, 1.807) is 0 Å². The minimum Gasteiger partial charge on any atom is -0.507 e. The van der Waals surface area contributed by atoms with Crippen molar-refractivity contribution in [3.63, 3.8) is 0 Å². The van der Waals surface area contributed by atoms with Gasteiger partial charge in [-0.05, 0) is 47.4 Å². The van der Waals surface area contributed by atoms with Crippen LogP contribution in [0.3, 0.4) is 0 Å². The van der Waals surface area contributed by atoms with Crippen LogP contribution in [0.1, 0.15) is 71.6 Å². The minimum absolute atomic E-state index is 0.221. The first-order valence-electron chi connectivity index (χ1n) is 11.5. The van der Waals surface area contributed by atoms with E-state index in [-0.39, 0.29) is 10.8 Å². The lowest BCUT2D eigenvalue weighted by molar-refractivity contribution is 0.0376. The van der Waals surface area contributed by atoms with Crippen LogP contribution in [0.25, 0.3) is 0 Å². The fourth-order valence-electron chi connectivity index (χ4n) is 3.90. The Labute approximate surface area is 189 Å². The van der Waals surface area contributed by atoms with Crippen LogP contribution < -0.4 is 5.09 Å². The van der Waals surface area contributed by atoms with Gasteiger partial charge in [0.2, 0.25) is 0 Å². The Morgan fingerprint density at radius 2 is 1.65 bits per heavy atom. The first-order chi connectivity index (χ1) is 14.4. The first kappa shape index (κ1) is 26.3. The fraction of sp³-hybridized carbons (Fsp3) is 0.750. The van der Waals surface area contributed by atoms with Gasteiger partial charge in [-0.1, -0.05) is 53.7 Å². The third-order valence-corrected chi connectivity index (χ3v) is 7.78. The van der Waals surface area contributed by atoms with E-state index < -0.39 is 7.52 Å². The molecule has 0 amide bonds. The van der Waals surface area contributed by atoms with Crippen LogP contribution in [0.15, 0.2) is 12.1 Å². The third kappa shape index (κ3) is 7.87. The van der Waals surface area contributed by atoms with Gasteiger partial charge in [0.05, 0.1) is 26.0 Å². The van der Waals surface area contributed by atoms with E-state index in [1.807, 2.05) is 19.1 Å². The van der Waals surface area contributed by atoms with E-state index in [2.05, 4.69) is 51.5 Å². The SMILES string of the molecule is CCOP(=O)(Cc1cc(C(C)(C)C)c(O)c(C(C)(C)C)c1)NCCCN1CCOCC1. The second-order valence-electron chi connectivity index (χ2n) is 10.5. The Morgan fingerprint density at radius 1 is 1.10 bits per heavy atom. The van der Waals surface area contributed by atoms with Gasteiger partial charge in [-0.15, -0.1) is 0 Å². The van der Waals surface area contributed by atoms with E-state index in [0.717, 1.165) is 56.0 Å². The first-order valence-corrected chi connectivity index (χ1v) is 13.3. The van der Waals surface area contributed by atoms with Crippen LogP contribution >= 0.6 is 7.52 Å². The Kier molecular flexibility index (Phi) is 9.18. The number of phenolic OH excluding ortho intramolecular Hbond substituents is 1. The van der Waals surface area contributed by atoms with Gasteiger partial charge in [-0.25, -0.2) is 5.09 Å². The van der Waals surface area contributed by atoms with E-state index in [9.17, 15) is 9.67 Å². The molecule has 0 spiro atoms. The van der Waals surface area contributed by atoms with Gasteiger partial charge in [-0.3, -0.25) is 9.46 Å². The molecule has 0 bridgehead atoms. The van der Waals surface area contributed by atoms with Crippen molar-refractivity contribution in [1.82, 2.24) is 9.99 Å². The molecule has 2 N–H and O–H groups in total. The number of nitrogens with zero attached hydrogens (tertiary/aromatic N) is 1. The molecule has 0 aromatic heterocycles. The Morgan fingerprint density at radius 3 is 2.13 bits per heavy atom. The molecule has 1 fully saturated rings. The second-order valence-corrected chi connectivity index (χ2v) is 12.7. The van der Waals surface area contributed by atoms with Gasteiger partial charge < -0.3 is 14.4 Å². The van der Waals surface area contributed by atoms with Crippen molar-refractivity contribution < 1.29 is 18.9 Å². The molecule has 1 saturated heterocycles. The highest BCUT2D eigenvalue weighted by Crippen LogP contribution is 2.48. The summed E-state index contributed by atoms with van der Waals surface area (Å²) in [5.74, 6) is 0.341. The standard InChI is InChI=1S/C24H43N2O4P/c1-8-30-31(28,25-10-9-11-26-12-14-29-15-13-26)18-19-16-20(23(2,3)4)22(27)21(17-19)24(5,6)7/h16-17,27H,8-15,18H2,1-7H3,(H,25,28). The molecule has 178 valence electrons. The summed E-state index contributed by atoms with van der Waals surface area (Å²) in [5.41, 5.74) is 2.25. The van der Waals surface area contributed by atoms with Crippen LogP contribution in [0, 0.1) is 0 Å². The third-order valence-electron chi connectivity index (χ3n) is 5.62. The summed E-state index contributed by atoms with van der Waals surface area (Å²) in [6.45, 7) is 19.9. The van der Waals surface area contributed by atoms with Crippen LogP contribution in [0.5, 0.6) is 5.75 Å². The molecule has 0 radical (unpaired) electrons. The van der Waals surface area contributed by atoms with Crippen molar-refractivity contribution in [1.29, 1.82) is 0 Å². The summed E-state index contributed by atoms with van der Waals surface area (Å²) in [4.78, 5) is 2.38. The van der Waals surface area contributed by atoms with Crippen molar-refractivity contribution in [2.24, 2.45) is 0 Å². The van der Waals surface area contributed by atoms with E-state index >= 15 is 0 Å². The predicted octanol–water partition coefficient (Wildman–Crippen LogP) is 5.03. The number of hydrogen-bond acceptors (Lipinski definition) is 5. The van der Waals surface area contributed by atoms with E-state index in [0.29, 0.717) is 25.1 Å². The normalized spacial score (nSPS) is 18.2. The van der Waals surface area contributed by atoms with E-state index in [4.69, 9.17) is 9.26 Å². The summed E-state index contributed by atoms with van der Waals surface area (Å²) < 4.78 is 24.8.